The number of rotatable bonds is 3. The Balaban J connectivity index is 2.11. The number of likely N-dealkylation sites (tertiary alicyclic amines) is 1. The summed E-state index contributed by atoms with van der Waals surface area (Å²) in [6, 6.07) is -0.646. The zero-order chi connectivity index (χ0) is 11.0. The van der Waals surface area contributed by atoms with Crippen LogP contribution in [0, 0.1) is 0 Å². The van der Waals surface area contributed by atoms with Crippen molar-refractivity contribution in [1.82, 2.24) is 4.90 Å². The van der Waals surface area contributed by atoms with E-state index in [4.69, 9.17) is 4.74 Å². The van der Waals surface area contributed by atoms with Gasteiger partial charge in [0.25, 0.3) is 0 Å². The van der Waals surface area contributed by atoms with Crippen molar-refractivity contribution in [3.8, 4) is 0 Å². The van der Waals surface area contributed by atoms with Crippen LogP contribution in [0.3, 0.4) is 0 Å². The SMILES string of the molecule is CCO[C@H]1CC(=O)[C@H]1N1C(=O)CCC1=O. The van der Waals surface area contributed by atoms with Crippen LogP contribution in [-0.4, -0.2) is 41.3 Å². The molecule has 1 heterocycles. The lowest BCUT2D eigenvalue weighted by molar-refractivity contribution is -0.162. The highest BCUT2D eigenvalue weighted by Gasteiger charge is 2.50. The summed E-state index contributed by atoms with van der Waals surface area (Å²) in [5, 5.41) is 0. The summed E-state index contributed by atoms with van der Waals surface area (Å²) in [6.45, 7) is 2.32. The molecule has 2 fully saturated rings. The van der Waals surface area contributed by atoms with Gasteiger partial charge in [0.05, 0.1) is 6.10 Å². The average molecular weight is 211 g/mol. The summed E-state index contributed by atoms with van der Waals surface area (Å²) in [5.74, 6) is -0.567. The first-order valence-electron chi connectivity index (χ1n) is 5.14. The topological polar surface area (TPSA) is 63.7 Å². The van der Waals surface area contributed by atoms with Crippen LogP contribution < -0.4 is 0 Å². The number of imide groups is 1. The molecule has 0 spiro atoms. The lowest BCUT2D eigenvalue weighted by Crippen LogP contribution is -2.60. The average Bonchev–Trinajstić information content (AvgIpc) is 2.49. The van der Waals surface area contributed by atoms with Crippen LogP contribution >= 0.6 is 0 Å². The molecule has 0 aromatic carbocycles. The van der Waals surface area contributed by atoms with Crippen molar-refractivity contribution in [2.75, 3.05) is 6.61 Å². The van der Waals surface area contributed by atoms with Crippen molar-refractivity contribution in [2.24, 2.45) is 0 Å². The highest BCUT2D eigenvalue weighted by molar-refractivity contribution is 6.07. The molecule has 0 unspecified atom stereocenters. The zero-order valence-corrected chi connectivity index (χ0v) is 8.56. The number of amides is 2. The molecule has 1 saturated heterocycles. The molecular weight excluding hydrogens is 198 g/mol. The van der Waals surface area contributed by atoms with Gasteiger partial charge in [-0.05, 0) is 6.92 Å². The van der Waals surface area contributed by atoms with E-state index in [0.29, 0.717) is 13.0 Å². The predicted octanol–water partition coefficient (Wildman–Crippen LogP) is -0.118. The van der Waals surface area contributed by atoms with Gasteiger partial charge >= 0.3 is 0 Å². The third-order valence-electron chi connectivity index (χ3n) is 2.83. The molecule has 0 N–H and O–H groups in total. The number of ketones is 1. The maximum Gasteiger partial charge on any atom is 0.230 e. The fourth-order valence-electron chi connectivity index (χ4n) is 2.06. The highest BCUT2D eigenvalue weighted by atomic mass is 16.5. The van der Waals surface area contributed by atoms with Crippen LogP contribution in [0.1, 0.15) is 26.2 Å². The van der Waals surface area contributed by atoms with E-state index < -0.39 is 6.04 Å². The van der Waals surface area contributed by atoms with Crippen LogP contribution in [0.4, 0.5) is 0 Å². The van der Waals surface area contributed by atoms with E-state index in [1.807, 2.05) is 6.92 Å². The number of Topliss-reactive ketones (excluding diaryl/α,β-unsaturated/α-hetero) is 1. The van der Waals surface area contributed by atoms with Crippen LogP contribution in [0.25, 0.3) is 0 Å². The van der Waals surface area contributed by atoms with Crippen LogP contribution in [0.5, 0.6) is 0 Å². The molecular formula is C10H13NO4. The molecule has 5 nitrogen and oxygen atoms in total. The largest absolute Gasteiger partial charge is 0.375 e. The Morgan fingerprint density at radius 3 is 2.33 bits per heavy atom. The molecule has 0 aromatic heterocycles. The summed E-state index contributed by atoms with van der Waals surface area (Å²) in [6.07, 6.45) is 0.479. The Hall–Kier alpha value is -1.23. The van der Waals surface area contributed by atoms with Gasteiger partial charge in [-0.2, -0.15) is 0 Å². The van der Waals surface area contributed by atoms with E-state index >= 15 is 0 Å². The van der Waals surface area contributed by atoms with E-state index in [0.717, 1.165) is 4.90 Å². The van der Waals surface area contributed by atoms with Gasteiger partial charge in [-0.3, -0.25) is 19.3 Å². The van der Waals surface area contributed by atoms with Gasteiger partial charge in [0.2, 0.25) is 11.8 Å². The van der Waals surface area contributed by atoms with Gasteiger partial charge in [0.15, 0.2) is 5.78 Å². The summed E-state index contributed by atoms with van der Waals surface area (Å²) in [5.41, 5.74) is 0. The number of carbonyl (C=O) groups is 3. The molecule has 15 heavy (non-hydrogen) atoms. The lowest BCUT2D eigenvalue weighted by Gasteiger charge is -2.39. The van der Waals surface area contributed by atoms with Crippen molar-refractivity contribution >= 4 is 17.6 Å². The van der Waals surface area contributed by atoms with Crippen molar-refractivity contribution in [2.45, 2.75) is 38.3 Å². The minimum absolute atomic E-state index is 0.0722. The summed E-state index contributed by atoms with van der Waals surface area (Å²) in [4.78, 5) is 35.3. The van der Waals surface area contributed by atoms with Crippen LogP contribution in [-0.2, 0) is 19.1 Å². The Morgan fingerprint density at radius 1 is 1.27 bits per heavy atom. The Kier molecular flexibility index (Phi) is 2.56. The Bertz CT molecular complexity index is 309. The smallest absolute Gasteiger partial charge is 0.230 e. The summed E-state index contributed by atoms with van der Waals surface area (Å²) in [7, 11) is 0. The van der Waals surface area contributed by atoms with E-state index in [2.05, 4.69) is 0 Å². The van der Waals surface area contributed by atoms with Gasteiger partial charge in [-0.25, -0.2) is 0 Å². The molecule has 1 saturated carbocycles. The van der Waals surface area contributed by atoms with Crippen molar-refractivity contribution in [3.05, 3.63) is 0 Å². The third-order valence-corrected chi connectivity index (χ3v) is 2.83. The second-order valence-electron chi connectivity index (χ2n) is 3.77. The van der Waals surface area contributed by atoms with Crippen molar-refractivity contribution in [3.63, 3.8) is 0 Å². The second-order valence-corrected chi connectivity index (χ2v) is 3.77. The molecule has 2 amide bonds. The molecule has 5 heteroatoms. The minimum Gasteiger partial charge on any atom is -0.375 e. The molecule has 2 aliphatic rings. The van der Waals surface area contributed by atoms with Crippen LogP contribution in [0.15, 0.2) is 0 Å². The first-order chi connectivity index (χ1) is 7.15. The van der Waals surface area contributed by atoms with Gasteiger partial charge in [0.1, 0.15) is 6.04 Å². The van der Waals surface area contributed by atoms with Crippen molar-refractivity contribution < 1.29 is 19.1 Å². The Labute approximate surface area is 87.4 Å². The molecule has 0 radical (unpaired) electrons. The number of carbonyl (C=O) groups excluding carboxylic acids is 3. The molecule has 2 rings (SSSR count). The van der Waals surface area contributed by atoms with E-state index in [9.17, 15) is 14.4 Å². The normalized spacial score (nSPS) is 31.0. The van der Waals surface area contributed by atoms with E-state index in [1.165, 1.54) is 0 Å². The third kappa shape index (κ3) is 1.56. The fourth-order valence-corrected chi connectivity index (χ4v) is 2.06. The number of hydrogen-bond donors (Lipinski definition) is 0. The standard InChI is InChI=1S/C10H13NO4/c1-2-15-7-5-6(12)10(7)11-8(13)3-4-9(11)14/h7,10H,2-5H2,1H3/t7-,10+/m0/s1. The van der Waals surface area contributed by atoms with Gasteiger partial charge in [-0.15, -0.1) is 0 Å². The van der Waals surface area contributed by atoms with Gasteiger partial charge < -0.3 is 4.74 Å². The van der Waals surface area contributed by atoms with E-state index in [-0.39, 0.29) is 36.5 Å². The Morgan fingerprint density at radius 2 is 1.87 bits per heavy atom. The molecule has 0 bridgehead atoms. The quantitative estimate of drug-likeness (QED) is 0.610. The van der Waals surface area contributed by atoms with Crippen LogP contribution in [0.2, 0.25) is 0 Å². The monoisotopic (exact) mass is 211 g/mol. The maximum atomic E-state index is 11.4. The fraction of sp³-hybridized carbons (Fsp3) is 0.700. The molecule has 1 aliphatic heterocycles. The number of nitrogens with zero attached hydrogens (tertiary/aromatic N) is 1. The highest BCUT2D eigenvalue weighted by Crippen LogP contribution is 2.29. The molecule has 2 atom stereocenters. The van der Waals surface area contributed by atoms with Crippen molar-refractivity contribution in [1.29, 1.82) is 0 Å². The molecule has 1 aliphatic carbocycles. The molecule has 0 aromatic rings. The first-order valence-corrected chi connectivity index (χ1v) is 5.14. The van der Waals surface area contributed by atoms with E-state index in [1.54, 1.807) is 0 Å². The summed E-state index contributed by atoms with van der Waals surface area (Å²) >= 11 is 0. The maximum absolute atomic E-state index is 11.4. The number of ether oxygens (including phenoxy) is 1. The first kappa shape index (κ1) is 10.3. The second kappa shape index (κ2) is 3.73. The van der Waals surface area contributed by atoms with Gasteiger partial charge in [-0.1, -0.05) is 0 Å². The minimum atomic E-state index is -0.646. The van der Waals surface area contributed by atoms with Gasteiger partial charge in [0, 0.05) is 25.9 Å². The molecule has 82 valence electrons. The lowest BCUT2D eigenvalue weighted by atomic mass is 9.86. The summed E-state index contributed by atoms with van der Waals surface area (Å²) < 4.78 is 5.30. The predicted molar refractivity (Wildman–Crippen MR) is 49.9 cm³/mol. The number of hydrogen-bond acceptors (Lipinski definition) is 4. The zero-order valence-electron chi connectivity index (χ0n) is 8.56.